The van der Waals surface area contributed by atoms with Gasteiger partial charge in [-0.05, 0) is 22.0 Å². The van der Waals surface area contributed by atoms with Gasteiger partial charge in [-0.2, -0.15) is 0 Å². The maximum Gasteiger partial charge on any atom is 0.360 e. The van der Waals surface area contributed by atoms with Crippen LogP contribution in [0.5, 0.6) is 11.6 Å². The average Bonchev–Trinajstić information content (AvgIpc) is 2.41. The van der Waals surface area contributed by atoms with Gasteiger partial charge in [0.15, 0.2) is 5.75 Å². The van der Waals surface area contributed by atoms with Crippen molar-refractivity contribution >= 4 is 27.6 Å². The van der Waals surface area contributed by atoms with E-state index in [1.54, 1.807) is 0 Å². The number of aromatic carboxylic acids is 1. The predicted octanol–water partition coefficient (Wildman–Crippen LogP) is 2.64. The number of benzene rings is 1. The molecule has 1 aromatic heterocycles. The van der Waals surface area contributed by atoms with E-state index in [0.717, 1.165) is 0 Å². The number of carboxylic acids is 1. The Balaban J connectivity index is 2.43. The van der Waals surface area contributed by atoms with Crippen LogP contribution in [0.15, 0.2) is 35.1 Å². The van der Waals surface area contributed by atoms with E-state index in [0.29, 0.717) is 0 Å². The van der Waals surface area contributed by atoms with Crippen molar-refractivity contribution in [1.29, 1.82) is 0 Å². The fourth-order valence-corrected chi connectivity index (χ4v) is 1.86. The van der Waals surface area contributed by atoms with Crippen LogP contribution in [0.25, 0.3) is 0 Å². The molecule has 0 spiro atoms. The van der Waals surface area contributed by atoms with Crippen molar-refractivity contribution in [3.05, 3.63) is 50.9 Å². The number of halogens is 1. The van der Waals surface area contributed by atoms with E-state index in [-0.39, 0.29) is 27.5 Å². The second-order valence-corrected chi connectivity index (χ2v) is 4.26. The van der Waals surface area contributed by atoms with Crippen LogP contribution in [0.2, 0.25) is 0 Å². The largest absolute Gasteiger partial charge is 0.476 e. The second-order valence-electron chi connectivity index (χ2n) is 3.46. The number of nitrogens with zero attached hydrogens (tertiary/aromatic N) is 3. The van der Waals surface area contributed by atoms with Crippen LogP contribution in [0.3, 0.4) is 0 Å². The van der Waals surface area contributed by atoms with E-state index >= 15 is 0 Å². The van der Waals surface area contributed by atoms with Crippen molar-refractivity contribution < 1.29 is 19.6 Å². The maximum atomic E-state index is 11.0. The summed E-state index contributed by atoms with van der Waals surface area (Å²) < 4.78 is 5.38. The molecular formula is C11H6BrN3O5. The van der Waals surface area contributed by atoms with Gasteiger partial charge in [0.05, 0.1) is 4.92 Å². The minimum Gasteiger partial charge on any atom is -0.476 e. The first-order chi connectivity index (χ1) is 9.50. The summed E-state index contributed by atoms with van der Waals surface area (Å²) >= 11 is 3.04. The first-order valence-corrected chi connectivity index (χ1v) is 5.95. The van der Waals surface area contributed by atoms with Gasteiger partial charge in [0.25, 0.3) is 11.6 Å². The lowest BCUT2D eigenvalue weighted by molar-refractivity contribution is -0.385. The molecule has 0 atom stereocenters. The Hall–Kier alpha value is -2.55. The summed E-state index contributed by atoms with van der Waals surface area (Å²) in [6.07, 6.45) is 2.46. The quantitative estimate of drug-likeness (QED) is 0.672. The minimum absolute atomic E-state index is 0.0715. The van der Waals surface area contributed by atoms with Gasteiger partial charge in [0.2, 0.25) is 5.69 Å². The molecule has 1 heterocycles. The SMILES string of the molecule is O=C(O)c1nccnc1Oc1cccc([N+](=O)[O-])c1Br. The first-order valence-electron chi connectivity index (χ1n) is 5.15. The number of hydrogen-bond acceptors (Lipinski definition) is 6. The van der Waals surface area contributed by atoms with Crippen LogP contribution >= 0.6 is 15.9 Å². The van der Waals surface area contributed by atoms with Gasteiger partial charge in [-0.3, -0.25) is 10.1 Å². The lowest BCUT2D eigenvalue weighted by Crippen LogP contribution is -2.05. The van der Waals surface area contributed by atoms with Gasteiger partial charge < -0.3 is 9.84 Å². The third-order valence-electron chi connectivity index (χ3n) is 2.21. The zero-order chi connectivity index (χ0) is 14.7. The number of hydrogen-bond donors (Lipinski definition) is 1. The van der Waals surface area contributed by atoms with Crippen molar-refractivity contribution in [3.8, 4) is 11.6 Å². The standard InChI is InChI=1S/C11H6BrN3O5/c12-8-6(15(18)19)2-1-3-7(8)20-10-9(11(16)17)13-4-5-14-10/h1-5H,(H,16,17). The highest BCUT2D eigenvalue weighted by molar-refractivity contribution is 9.10. The first kappa shape index (κ1) is 13.9. The third kappa shape index (κ3) is 2.72. The molecule has 8 nitrogen and oxygen atoms in total. The number of nitro benzene ring substituents is 1. The number of aromatic nitrogens is 2. The Morgan fingerprint density at radius 3 is 2.70 bits per heavy atom. The topological polar surface area (TPSA) is 115 Å². The molecule has 0 unspecified atom stereocenters. The molecule has 2 rings (SSSR count). The summed E-state index contributed by atoms with van der Waals surface area (Å²) in [5, 5.41) is 19.8. The molecule has 0 saturated carbocycles. The van der Waals surface area contributed by atoms with E-state index in [1.807, 2.05) is 0 Å². The van der Waals surface area contributed by atoms with Crippen molar-refractivity contribution in [3.63, 3.8) is 0 Å². The summed E-state index contributed by atoms with van der Waals surface area (Å²) in [6, 6.07) is 4.14. The van der Waals surface area contributed by atoms with Crippen LogP contribution in [-0.4, -0.2) is 26.0 Å². The van der Waals surface area contributed by atoms with Gasteiger partial charge in [-0.15, -0.1) is 0 Å². The van der Waals surface area contributed by atoms with Gasteiger partial charge in [0, 0.05) is 18.5 Å². The highest BCUT2D eigenvalue weighted by atomic mass is 79.9. The number of nitro groups is 1. The zero-order valence-electron chi connectivity index (χ0n) is 9.69. The van der Waals surface area contributed by atoms with Crippen molar-refractivity contribution in [1.82, 2.24) is 9.97 Å². The van der Waals surface area contributed by atoms with E-state index in [1.165, 1.54) is 30.6 Å². The van der Waals surface area contributed by atoms with Gasteiger partial charge in [0.1, 0.15) is 4.47 Å². The normalized spacial score (nSPS) is 10.1. The second kappa shape index (κ2) is 5.61. The minimum atomic E-state index is -1.31. The van der Waals surface area contributed by atoms with Crippen LogP contribution in [-0.2, 0) is 0 Å². The van der Waals surface area contributed by atoms with Crippen molar-refractivity contribution in [2.45, 2.75) is 0 Å². The van der Waals surface area contributed by atoms with E-state index in [9.17, 15) is 14.9 Å². The monoisotopic (exact) mass is 339 g/mol. The smallest absolute Gasteiger partial charge is 0.360 e. The molecule has 1 aromatic carbocycles. The fraction of sp³-hybridized carbons (Fsp3) is 0. The molecule has 9 heteroatoms. The maximum absolute atomic E-state index is 11.0. The lowest BCUT2D eigenvalue weighted by atomic mass is 10.3. The highest BCUT2D eigenvalue weighted by Crippen LogP contribution is 2.36. The number of ether oxygens (including phenoxy) is 1. The lowest BCUT2D eigenvalue weighted by Gasteiger charge is -2.08. The molecule has 2 aromatic rings. The van der Waals surface area contributed by atoms with Gasteiger partial charge in [-0.25, -0.2) is 14.8 Å². The molecule has 0 aliphatic heterocycles. The summed E-state index contributed by atoms with van der Waals surface area (Å²) in [4.78, 5) is 28.6. The van der Waals surface area contributed by atoms with Crippen LogP contribution in [0, 0.1) is 10.1 Å². The van der Waals surface area contributed by atoms with Crippen molar-refractivity contribution in [2.24, 2.45) is 0 Å². The Kier molecular flexibility index (Phi) is 3.89. The van der Waals surface area contributed by atoms with Crippen LogP contribution in [0.4, 0.5) is 5.69 Å². The molecule has 0 bridgehead atoms. The predicted molar refractivity (Wildman–Crippen MR) is 69.9 cm³/mol. The molecule has 0 fully saturated rings. The molecule has 20 heavy (non-hydrogen) atoms. The Labute approximate surface area is 120 Å². The Morgan fingerprint density at radius 2 is 2.05 bits per heavy atom. The zero-order valence-corrected chi connectivity index (χ0v) is 11.3. The molecule has 0 amide bonds. The fourth-order valence-electron chi connectivity index (χ4n) is 1.37. The summed E-state index contributed by atoms with van der Waals surface area (Å²) in [7, 11) is 0. The Bertz CT molecular complexity index is 692. The molecule has 0 radical (unpaired) electrons. The molecule has 102 valence electrons. The highest BCUT2D eigenvalue weighted by Gasteiger charge is 2.20. The third-order valence-corrected chi connectivity index (χ3v) is 3.01. The molecule has 0 saturated heterocycles. The van der Waals surface area contributed by atoms with Crippen LogP contribution in [0.1, 0.15) is 10.5 Å². The number of carbonyl (C=O) groups is 1. The average molecular weight is 340 g/mol. The number of rotatable bonds is 4. The van der Waals surface area contributed by atoms with E-state index in [2.05, 4.69) is 25.9 Å². The molecule has 0 aliphatic carbocycles. The molecular weight excluding hydrogens is 334 g/mol. The number of carboxylic acid groups (broad SMARTS) is 1. The Morgan fingerprint density at radius 1 is 1.35 bits per heavy atom. The van der Waals surface area contributed by atoms with Gasteiger partial charge in [-0.1, -0.05) is 6.07 Å². The van der Waals surface area contributed by atoms with E-state index in [4.69, 9.17) is 9.84 Å². The van der Waals surface area contributed by atoms with E-state index < -0.39 is 10.9 Å². The summed E-state index contributed by atoms with van der Waals surface area (Å²) in [5.74, 6) is -1.49. The molecule has 1 N–H and O–H groups in total. The summed E-state index contributed by atoms with van der Waals surface area (Å²) in [5.41, 5.74) is -0.589. The van der Waals surface area contributed by atoms with Crippen molar-refractivity contribution in [2.75, 3.05) is 0 Å². The van der Waals surface area contributed by atoms with Gasteiger partial charge >= 0.3 is 5.97 Å². The molecule has 0 aliphatic rings. The summed E-state index contributed by atoms with van der Waals surface area (Å²) in [6.45, 7) is 0. The van der Waals surface area contributed by atoms with Crippen LogP contribution < -0.4 is 4.74 Å².